The molecule has 0 bridgehead atoms. The standard InChI is InChI=1S/C25H22F5N5O2/c26-18-7-17(21(27)22(28)23(18)36)24(37)31-8-13-1-3-14(4-2-13)19-12-34-10-15(5-6-20(34)33-19)16-9-32-35(11-16)25(29)30/h5-7,9-14,25,36H,1-4,8H2,(H,31,37). The predicted molar refractivity (Wildman–Crippen MR) is 123 cm³/mol. The van der Waals surface area contributed by atoms with Gasteiger partial charge in [0.25, 0.3) is 5.91 Å². The predicted octanol–water partition coefficient (Wildman–Crippen LogP) is 5.42. The second-order valence-corrected chi connectivity index (χ2v) is 9.15. The number of halogens is 5. The Bertz CT molecular complexity index is 1460. The van der Waals surface area contributed by atoms with Crippen LogP contribution >= 0.6 is 0 Å². The Morgan fingerprint density at radius 1 is 1.05 bits per heavy atom. The van der Waals surface area contributed by atoms with Gasteiger partial charge in [0.1, 0.15) is 5.65 Å². The van der Waals surface area contributed by atoms with Crippen LogP contribution in [0.25, 0.3) is 16.8 Å². The van der Waals surface area contributed by atoms with E-state index in [0.717, 1.165) is 42.6 Å². The summed E-state index contributed by atoms with van der Waals surface area (Å²) in [5.74, 6) is -6.93. The molecular formula is C25H22F5N5O2. The van der Waals surface area contributed by atoms with Gasteiger partial charge in [-0.3, -0.25) is 4.79 Å². The Morgan fingerprint density at radius 3 is 2.51 bits per heavy atom. The molecule has 2 N–H and O–H groups in total. The van der Waals surface area contributed by atoms with Crippen LogP contribution in [-0.2, 0) is 0 Å². The number of nitrogens with zero attached hydrogens (tertiary/aromatic N) is 4. The van der Waals surface area contributed by atoms with Crippen molar-refractivity contribution in [3.05, 3.63) is 71.7 Å². The molecule has 1 amide bonds. The van der Waals surface area contributed by atoms with E-state index in [9.17, 15) is 26.7 Å². The van der Waals surface area contributed by atoms with Gasteiger partial charge in [0, 0.05) is 42.2 Å². The normalized spacial score (nSPS) is 18.0. The van der Waals surface area contributed by atoms with Crippen molar-refractivity contribution >= 4 is 11.6 Å². The fraction of sp³-hybridized carbons (Fsp3) is 0.320. The van der Waals surface area contributed by atoms with Gasteiger partial charge in [0.05, 0.1) is 17.5 Å². The number of rotatable bonds is 6. The molecule has 0 atom stereocenters. The van der Waals surface area contributed by atoms with E-state index in [0.29, 0.717) is 16.3 Å². The highest BCUT2D eigenvalue weighted by atomic mass is 19.3. The first-order valence-electron chi connectivity index (χ1n) is 11.7. The van der Waals surface area contributed by atoms with Gasteiger partial charge in [-0.05, 0) is 49.8 Å². The van der Waals surface area contributed by atoms with Crippen LogP contribution in [0.5, 0.6) is 5.75 Å². The highest BCUT2D eigenvalue weighted by Crippen LogP contribution is 2.35. The van der Waals surface area contributed by atoms with Gasteiger partial charge in [-0.2, -0.15) is 18.3 Å². The number of fused-ring (bicyclic) bond motifs is 1. The van der Waals surface area contributed by atoms with Gasteiger partial charge >= 0.3 is 6.55 Å². The maximum absolute atomic E-state index is 13.9. The van der Waals surface area contributed by atoms with Gasteiger partial charge in [-0.15, -0.1) is 0 Å². The number of nitrogens with one attached hydrogen (secondary N) is 1. The Labute approximate surface area is 207 Å². The summed E-state index contributed by atoms with van der Waals surface area (Å²) in [6.07, 6.45) is 9.52. The van der Waals surface area contributed by atoms with Gasteiger partial charge < -0.3 is 14.8 Å². The average Bonchev–Trinajstić information content (AvgIpc) is 3.56. The van der Waals surface area contributed by atoms with Crippen LogP contribution < -0.4 is 5.32 Å². The zero-order valence-corrected chi connectivity index (χ0v) is 19.3. The minimum absolute atomic E-state index is 0.102. The first kappa shape index (κ1) is 24.7. The Hall–Kier alpha value is -3.96. The quantitative estimate of drug-likeness (QED) is 0.263. The van der Waals surface area contributed by atoms with Crippen molar-refractivity contribution in [2.75, 3.05) is 6.54 Å². The number of hydrogen-bond acceptors (Lipinski definition) is 4. The van der Waals surface area contributed by atoms with Gasteiger partial charge in [-0.25, -0.2) is 18.4 Å². The molecule has 12 heteroatoms. The van der Waals surface area contributed by atoms with Crippen molar-refractivity contribution in [3.8, 4) is 16.9 Å². The van der Waals surface area contributed by atoms with E-state index in [1.54, 1.807) is 6.07 Å². The molecule has 194 valence electrons. The summed E-state index contributed by atoms with van der Waals surface area (Å²) in [7, 11) is 0. The molecule has 4 aromatic rings. The Kier molecular flexibility index (Phi) is 6.57. The van der Waals surface area contributed by atoms with Crippen molar-refractivity contribution in [1.82, 2.24) is 24.5 Å². The summed E-state index contributed by atoms with van der Waals surface area (Å²) in [5.41, 5.74) is 2.13. The van der Waals surface area contributed by atoms with E-state index in [2.05, 4.69) is 10.4 Å². The number of carbonyl (C=O) groups excluding carboxylic acids is 1. The molecule has 1 aromatic carbocycles. The van der Waals surface area contributed by atoms with Crippen molar-refractivity contribution in [2.45, 2.75) is 38.2 Å². The number of pyridine rings is 1. The first-order valence-corrected chi connectivity index (χ1v) is 11.7. The summed E-state index contributed by atoms with van der Waals surface area (Å²) in [6.45, 7) is -2.49. The molecule has 0 radical (unpaired) electrons. The number of aromatic hydroxyl groups is 1. The van der Waals surface area contributed by atoms with E-state index in [1.807, 2.05) is 22.9 Å². The van der Waals surface area contributed by atoms with Crippen molar-refractivity contribution in [1.29, 1.82) is 0 Å². The Morgan fingerprint density at radius 2 is 1.81 bits per heavy atom. The molecule has 1 fully saturated rings. The molecule has 0 spiro atoms. The summed E-state index contributed by atoms with van der Waals surface area (Å²) in [4.78, 5) is 16.9. The molecule has 0 saturated heterocycles. The molecule has 0 aliphatic heterocycles. The number of alkyl halides is 2. The largest absolute Gasteiger partial charge is 0.503 e. The number of benzene rings is 1. The van der Waals surface area contributed by atoms with Crippen LogP contribution in [0.3, 0.4) is 0 Å². The Balaban J connectivity index is 1.19. The molecule has 1 saturated carbocycles. The van der Waals surface area contributed by atoms with Gasteiger partial charge in [0.15, 0.2) is 17.4 Å². The molecule has 3 aromatic heterocycles. The van der Waals surface area contributed by atoms with Crippen LogP contribution in [0.4, 0.5) is 22.0 Å². The molecule has 37 heavy (non-hydrogen) atoms. The smallest absolute Gasteiger partial charge is 0.333 e. The lowest BCUT2D eigenvalue weighted by molar-refractivity contribution is 0.0566. The molecule has 7 nitrogen and oxygen atoms in total. The van der Waals surface area contributed by atoms with Crippen LogP contribution in [0.1, 0.15) is 54.2 Å². The zero-order chi connectivity index (χ0) is 26.3. The first-order chi connectivity index (χ1) is 17.7. The summed E-state index contributed by atoms with van der Waals surface area (Å²) in [5, 5.41) is 15.3. The number of carbonyl (C=O) groups is 1. The second-order valence-electron chi connectivity index (χ2n) is 9.15. The number of phenolic OH excluding ortho intramolecular Hbond substituents is 1. The van der Waals surface area contributed by atoms with Crippen molar-refractivity contribution < 1.29 is 31.9 Å². The third-order valence-electron chi connectivity index (χ3n) is 6.80. The summed E-state index contributed by atoms with van der Waals surface area (Å²) >= 11 is 0. The molecular weight excluding hydrogens is 497 g/mol. The fourth-order valence-electron chi connectivity index (χ4n) is 4.72. The molecule has 3 heterocycles. The molecule has 5 rings (SSSR count). The monoisotopic (exact) mass is 519 g/mol. The number of imidazole rings is 1. The lowest BCUT2D eigenvalue weighted by Crippen LogP contribution is -2.32. The van der Waals surface area contributed by atoms with Gasteiger partial charge in [-0.1, -0.05) is 0 Å². The number of amides is 1. The van der Waals surface area contributed by atoms with E-state index in [-0.39, 0.29) is 18.4 Å². The summed E-state index contributed by atoms with van der Waals surface area (Å²) in [6, 6.07) is 4.08. The van der Waals surface area contributed by atoms with Crippen LogP contribution in [-0.4, -0.2) is 36.7 Å². The number of phenols is 1. The third-order valence-corrected chi connectivity index (χ3v) is 6.80. The molecule has 1 aliphatic carbocycles. The molecule has 0 unspecified atom stereocenters. The lowest BCUT2D eigenvalue weighted by atomic mass is 9.80. The van der Waals surface area contributed by atoms with Crippen molar-refractivity contribution in [3.63, 3.8) is 0 Å². The minimum atomic E-state index is -2.71. The topological polar surface area (TPSA) is 84.5 Å². The van der Waals surface area contributed by atoms with Crippen LogP contribution in [0.2, 0.25) is 0 Å². The van der Waals surface area contributed by atoms with Crippen LogP contribution in [0, 0.1) is 23.4 Å². The van der Waals surface area contributed by atoms with E-state index in [4.69, 9.17) is 10.1 Å². The van der Waals surface area contributed by atoms with E-state index < -0.39 is 41.2 Å². The SMILES string of the molecule is O=C(NCC1CCC(c2cn3cc(-c4cnn(C(F)F)c4)ccc3n2)CC1)c1cc(F)c(O)c(F)c1F. The van der Waals surface area contributed by atoms with Gasteiger partial charge in [0.2, 0.25) is 5.82 Å². The zero-order valence-electron chi connectivity index (χ0n) is 19.3. The fourth-order valence-corrected chi connectivity index (χ4v) is 4.72. The average molecular weight is 519 g/mol. The third kappa shape index (κ3) is 4.87. The number of aromatic nitrogens is 4. The van der Waals surface area contributed by atoms with Crippen LogP contribution in [0.15, 0.2) is 43.0 Å². The maximum Gasteiger partial charge on any atom is 0.333 e. The van der Waals surface area contributed by atoms with Crippen molar-refractivity contribution in [2.24, 2.45) is 5.92 Å². The highest BCUT2D eigenvalue weighted by molar-refractivity contribution is 5.94. The van der Waals surface area contributed by atoms with E-state index in [1.165, 1.54) is 12.4 Å². The second kappa shape index (κ2) is 9.83. The lowest BCUT2D eigenvalue weighted by Gasteiger charge is -2.27. The molecule has 1 aliphatic rings. The maximum atomic E-state index is 13.9. The van der Waals surface area contributed by atoms with E-state index >= 15 is 0 Å². The highest BCUT2D eigenvalue weighted by Gasteiger charge is 2.26. The minimum Gasteiger partial charge on any atom is -0.503 e. The number of hydrogen-bond donors (Lipinski definition) is 2. The summed E-state index contributed by atoms with van der Waals surface area (Å²) < 4.78 is 69.1.